The van der Waals surface area contributed by atoms with Gasteiger partial charge < -0.3 is 4.74 Å². The fourth-order valence-electron chi connectivity index (χ4n) is 2.65. The van der Waals surface area contributed by atoms with Gasteiger partial charge in [-0.3, -0.25) is 9.59 Å². The van der Waals surface area contributed by atoms with Crippen LogP contribution >= 0.6 is 11.6 Å². The number of nitrogens with zero attached hydrogens (tertiary/aromatic N) is 1. The third kappa shape index (κ3) is 3.30. The third-order valence-electron chi connectivity index (χ3n) is 3.83. The molecule has 2 aromatic rings. The summed E-state index contributed by atoms with van der Waals surface area (Å²) in [6, 6.07) is 14.2. The predicted octanol–water partition coefficient (Wildman–Crippen LogP) is 4.31. The molecule has 128 valence electrons. The van der Waals surface area contributed by atoms with Crippen LogP contribution in [0.1, 0.15) is 25.0 Å². The van der Waals surface area contributed by atoms with Gasteiger partial charge >= 0.3 is 0 Å². The average molecular weight is 356 g/mol. The number of halogens is 1. The molecule has 0 spiro atoms. The van der Waals surface area contributed by atoms with Gasteiger partial charge in [-0.05, 0) is 50.6 Å². The molecule has 4 nitrogen and oxygen atoms in total. The van der Waals surface area contributed by atoms with Crippen molar-refractivity contribution in [1.82, 2.24) is 0 Å². The standard InChI is InChI=1S/C20H18ClNO3/c1-12(2)25-16-10-6-14(7-11-16)17-18(21)20(24)22(19(17)23)15-8-4-13(3)5-9-15/h4-12H,1-3H3. The van der Waals surface area contributed by atoms with Crippen molar-refractivity contribution in [2.45, 2.75) is 26.9 Å². The summed E-state index contributed by atoms with van der Waals surface area (Å²) in [7, 11) is 0. The van der Waals surface area contributed by atoms with Crippen LogP contribution in [0.2, 0.25) is 0 Å². The van der Waals surface area contributed by atoms with Crippen molar-refractivity contribution in [3.8, 4) is 5.75 Å². The fourth-order valence-corrected chi connectivity index (χ4v) is 2.93. The van der Waals surface area contributed by atoms with Gasteiger partial charge in [-0.1, -0.05) is 41.4 Å². The number of carbonyl (C=O) groups excluding carboxylic acids is 2. The van der Waals surface area contributed by atoms with E-state index in [-0.39, 0.29) is 16.7 Å². The minimum atomic E-state index is -0.506. The van der Waals surface area contributed by atoms with Crippen LogP contribution < -0.4 is 9.64 Å². The van der Waals surface area contributed by atoms with Gasteiger partial charge in [0.15, 0.2) is 0 Å². The summed E-state index contributed by atoms with van der Waals surface area (Å²) in [5.41, 5.74) is 2.36. The number of amides is 2. The summed E-state index contributed by atoms with van der Waals surface area (Å²) < 4.78 is 5.60. The molecule has 0 unspecified atom stereocenters. The Morgan fingerprint density at radius 1 is 0.920 bits per heavy atom. The number of carbonyl (C=O) groups is 2. The van der Waals surface area contributed by atoms with Gasteiger partial charge in [0.05, 0.1) is 17.4 Å². The van der Waals surface area contributed by atoms with Gasteiger partial charge in [-0.15, -0.1) is 0 Å². The molecule has 0 N–H and O–H groups in total. The molecule has 0 saturated carbocycles. The predicted molar refractivity (Wildman–Crippen MR) is 98.7 cm³/mol. The number of imide groups is 1. The molecule has 2 amide bonds. The number of aryl methyl sites for hydroxylation is 1. The highest BCUT2D eigenvalue weighted by Crippen LogP contribution is 2.35. The summed E-state index contributed by atoms with van der Waals surface area (Å²) in [5, 5.41) is -0.0666. The summed E-state index contributed by atoms with van der Waals surface area (Å²) >= 11 is 6.19. The zero-order valence-electron chi connectivity index (χ0n) is 14.2. The molecular formula is C20H18ClNO3. The molecule has 1 heterocycles. The maximum atomic E-state index is 12.8. The van der Waals surface area contributed by atoms with E-state index < -0.39 is 11.8 Å². The maximum Gasteiger partial charge on any atom is 0.277 e. The fraction of sp³-hybridized carbons (Fsp3) is 0.200. The van der Waals surface area contributed by atoms with Gasteiger partial charge in [0, 0.05) is 0 Å². The van der Waals surface area contributed by atoms with E-state index in [1.54, 1.807) is 36.4 Å². The Kier molecular flexibility index (Phi) is 4.64. The van der Waals surface area contributed by atoms with E-state index in [0.29, 0.717) is 17.0 Å². The van der Waals surface area contributed by atoms with Crippen molar-refractivity contribution in [3.63, 3.8) is 0 Å². The molecule has 0 fully saturated rings. The van der Waals surface area contributed by atoms with Crippen LogP contribution in [0, 0.1) is 6.92 Å². The van der Waals surface area contributed by atoms with Crippen molar-refractivity contribution in [2.24, 2.45) is 0 Å². The monoisotopic (exact) mass is 355 g/mol. The molecular weight excluding hydrogens is 338 g/mol. The normalized spacial score (nSPS) is 14.7. The molecule has 0 atom stereocenters. The molecule has 0 bridgehead atoms. The van der Waals surface area contributed by atoms with Crippen LogP contribution in [0.4, 0.5) is 5.69 Å². The van der Waals surface area contributed by atoms with Gasteiger partial charge in [-0.2, -0.15) is 0 Å². The highest BCUT2D eigenvalue weighted by molar-refractivity contribution is 6.60. The Balaban J connectivity index is 1.93. The lowest BCUT2D eigenvalue weighted by atomic mass is 10.1. The Labute approximate surface area is 151 Å². The van der Waals surface area contributed by atoms with Gasteiger partial charge in [0.25, 0.3) is 11.8 Å². The molecule has 0 radical (unpaired) electrons. The van der Waals surface area contributed by atoms with Crippen molar-refractivity contribution < 1.29 is 14.3 Å². The lowest BCUT2D eigenvalue weighted by Crippen LogP contribution is -2.31. The first-order chi connectivity index (χ1) is 11.9. The molecule has 25 heavy (non-hydrogen) atoms. The van der Waals surface area contributed by atoms with E-state index in [2.05, 4.69) is 0 Å². The smallest absolute Gasteiger partial charge is 0.277 e. The highest BCUT2D eigenvalue weighted by Gasteiger charge is 2.39. The minimum absolute atomic E-state index is 0.0559. The van der Waals surface area contributed by atoms with E-state index in [1.807, 2.05) is 32.9 Å². The van der Waals surface area contributed by atoms with Crippen molar-refractivity contribution in [3.05, 3.63) is 64.7 Å². The van der Waals surface area contributed by atoms with Gasteiger partial charge in [0.1, 0.15) is 10.8 Å². The van der Waals surface area contributed by atoms with Crippen molar-refractivity contribution in [1.29, 1.82) is 0 Å². The van der Waals surface area contributed by atoms with Crippen LogP contribution in [0.3, 0.4) is 0 Å². The van der Waals surface area contributed by atoms with Crippen LogP contribution in [-0.4, -0.2) is 17.9 Å². The highest BCUT2D eigenvalue weighted by atomic mass is 35.5. The molecule has 0 aromatic heterocycles. The number of benzene rings is 2. The molecule has 0 saturated heterocycles. The van der Waals surface area contributed by atoms with Crippen LogP contribution in [-0.2, 0) is 9.59 Å². The first-order valence-electron chi connectivity index (χ1n) is 8.01. The third-order valence-corrected chi connectivity index (χ3v) is 4.18. The largest absolute Gasteiger partial charge is 0.491 e. The van der Waals surface area contributed by atoms with E-state index >= 15 is 0 Å². The first kappa shape index (κ1) is 17.2. The van der Waals surface area contributed by atoms with Crippen LogP contribution in [0.5, 0.6) is 5.75 Å². The zero-order valence-corrected chi connectivity index (χ0v) is 15.0. The molecule has 0 aliphatic carbocycles. The topological polar surface area (TPSA) is 46.6 Å². The summed E-state index contributed by atoms with van der Waals surface area (Å²) in [4.78, 5) is 26.4. The second kappa shape index (κ2) is 6.73. The van der Waals surface area contributed by atoms with E-state index in [9.17, 15) is 9.59 Å². The second-order valence-corrected chi connectivity index (χ2v) is 6.54. The Hall–Kier alpha value is -2.59. The van der Waals surface area contributed by atoms with Crippen molar-refractivity contribution >= 4 is 34.7 Å². The number of rotatable bonds is 4. The maximum absolute atomic E-state index is 12.8. The van der Waals surface area contributed by atoms with Crippen molar-refractivity contribution in [2.75, 3.05) is 4.90 Å². The molecule has 1 aliphatic rings. The number of hydrogen-bond donors (Lipinski definition) is 0. The summed E-state index contributed by atoms with van der Waals surface area (Å²) in [6.07, 6.45) is 0.0559. The number of anilines is 1. The molecule has 1 aliphatic heterocycles. The van der Waals surface area contributed by atoms with E-state index in [4.69, 9.17) is 16.3 Å². The lowest BCUT2D eigenvalue weighted by Gasteiger charge is -2.15. The van der Waals surface area contributed by atoms with E-state index in [1.165, 1.54) is 0 Å². The Bertz CT molecular complexity index is 852. The van der Waals surface area contributed by atoms with Gasteiger partial charge in [-0.25, -0.2) is 4.90 Å². The van der Waals surface area contributed by atoms with Crippen LogP contribution in [0.25, 0.3) is 5.57 Å². The van der Waals surface area contributed by atoms with E-state index in [0.717, 1.165) is 10.5 Å². The lowest BCUT2D eigenvalue weighted by molar-refractivity contribution is -0.119. The SMILES string of the molecule is Cc1ccc(N2C(=O)C(Cl)=C(c3ccc(OC(C)C)cc3)C2=O)cc1. The average Bonchev–Trinajstić information content (AvgIpc) is 2.79. The molecule has 5 heteroatoms. The number of ether oxygens (including phenoxy) is 1. The summed E-state index contributed by atoms with van der Waals surface area (Å²) in [5.74, 6) is -0.230. The number of hydrogen-bond acceptors (Lipinski definition) is 3. The summed E-state index contributed by atoms with van der Waals surface area (Å²) in [6.45, 7) is 5.81. The Morgan fingerprint density at radius 3 is 2.08 bits per heavy atom. The van der Waals surface area contributed by atoms with Gasteiger partial charge in [0.2, 0.25) is 0 Å². The minimum Gasteiger partial charge on any atom is -0.491 e. The second-order valence-electron chi connectivity index (χ2n) is 6.16. The molecule has 2 aromatic carbocycles. The quantitative estimate of drug-likeness (QED) is 0.768. The first-order valence-corrected chi connectivity index (χ1v) is 8.38. The zero-order chi connectivity index (χ0) is 18.1. The Morgan fingerprint density at radius 2 is 1.52 bits per heavy atom. The van der Waals surface area contributed by atoms with Crippen LogP contribution in [0.15, 0.2) is 53.6 Å². The molecule has 3 rings (SSSR count).